The first-order valence-corrected chi connectivity index (χ1v) is 6.75. The van der Waals surface area contributed by atoms with Gasteiger partial charge in [-0.1, -0.05) is 23.3 Å². The highest BCUT2D eigenvalue weighted by Gasteiger charge is 2.30. The van der Waals surface area contributed by atoms with Crippen molar-refractivity contribution < 1.29 is 13.2 Å². The van der Waals surface area contributed by atoms with Crippen molar-refractivity contribution >= 4 is 10.9 Å². The molecule has 3 aromatic rings. The first-order chi connectivity index (χ1) is 10.3. The Morgan fingerprint density at radius 2 is 1.55 bits per heavy atom. The summed E-state index contributed by atoms with van der Waals surface area (Å²) in [5, 5.41) is 0.612. The predicted octanol–water partition coefficient (Wildman–Crippen LogP) is 4.93. The molecule has 1 aromatic heterocycles. The van der Waals surface area contributed by atoms with E-state index in [1.165, 1.54) is 12.4 Å². The van der Waals surface area contributed by atoms with Crippen LogP contribution in [0.4, 0.5) is 13.2 Å². The lowest BCUT2D eigenvalue weighted by molar-refractivity contribution is -0.137. The Hall–Kier alpha value is -2.43. The smallest absolute Gasteiger partial charge is 0.236 e. The summed E-state index contributed by atoms with van der Waals surface area (Å²) in [5.41, 5.74) is 3.27. The van der Waals surface area contributed by atoms with Crippen LogP contribution in [0.3, 0.4) is 0 Å². The lowest BCUT2D eigenvalue weighted by atomic mass is 10.0. The van der Waals surface area contributed by atoms with Crippen LogP contribution in [0.15, 0.2) is 42.7 Å². The molecule has 2 aromatic carbocycles. The summed E-state index contributed by atoms with van der Waals surface area (Å²) in [6, 6.07) is 9.53. The first kappa shape index (κ1) is 14.5. The van der Waals surface area contributed by atoms with Gasteiger partial charge in [-0.25, -0.2) is 9.97 Å². The number of fused-ring (bicyclic) bond motifs is 1. The third-order valence-corrected chi connectivity index (χ3v) is 3.46. The van der Waals surface area contributed by atoms with E-state index in [0.717, 1.165) is 28.8 Å². The van der Waals surface area contributed by atoms with Gasteiger partial charge < -0.3 is 0 Å². The molecular weight excluding hydrogens is 289 g/mol. The summed E-state index contributed by atoms with van der Waals surface area (Å²) in [4.78, 5) is 8.23. The molecule has 0 radical (unpaired) electrons. The number of halogens is 3. The van der Waals surface area contributed by atoms with Crippen molar-refractivity contribution in [2.75, 3.05) is 0 Å². The van der Waals surface area contributed by atoms with Crippen LogP contribution in [0.1, 0.15) is 16.7 Å². The lowest BCUT2D eigenvalue weighted by Gasteiger charge is -2.10. The van der Waals surface area contributed by atoms with Crippen LogP contribution in [-0.2, 0) is 6.18 Å². The van der Waals surface area contributed by atoms with Crippen LogP contribution in [0.5, 0.6) is 0 Å². The molecular formula is C17H13F3N2. The molecule has 1 heterocycles. The molecule has 0 bridgehead atoms. The van der Waals surface area contributed by atoms with E-state index in [0.29, 0.717) is 16.6 Å². The van der Waals surface area contributed by atoms with E-state index in [2.05, 4.69) is 9.97 Å². The number of aromatic nitrogens is 2. The Labute approximate surface area is 125 Å². The van der Waals surface area contributed by atoms with E-state index < -0.39 is 11.7 Å². The van der Waals surface area contributed by atoms with Gasteiger partial charge in [0.2, 0.25) is 0 Å². The van der Waals surface area contributed by atoms with Gasteiger partial charge in [-0.2, -0.15) is 13.2 Å². The fourth-order valence-corrected chi connectivity index (χ4v) is 2.57. The van der Waals surface area contributed by atoms with Gasteiger partial charge >= 0.3 is 6.18 Å². The maximum atomic E-state index is 12.8. The highest BCUT2D eigenvalue weighted by atomic mass is 19.4. The van der Waals surface area contributed by atoms with Crippen LogP contribution in [0.25, 0.3) is 22.2 Å². The minimum Gasteiger partial charge on any atom is -0.236 e. The van der Waals surface area contributed by atoms with E-state index in [-0.39, 0.29) is 0 Å². The van der Waals surface area contributed by atoms with Crippen molar-refractivity contribution in [3.8, 4) is 11.3 Å². The number of nitrogens with zero attached hydrogens (tertiary/aromatic N) is 2. The topological polar surface area (TPSA) is 25.8 Å². The van der Waals surface area contributed by atoms with Crippen LogP contribution in [-0.4, -0.2) is 9.97 Å². The van der Waals surface area contributed by atoms with Crippen LogP contribution in [0.2, 0.25) is 0 Å². The summed E-state index contributed by atoms with van der Waals surface area (Å²) >= 11 is 0. The van der Waals surface area contributed by atoms with E-state index >= 15 is 0 Å². The SMILES string of the molecule is Cc1cc(C)cc(-c2ncnc3cc(C(F)(F)F)ccc23)c1. The van der Waals surface area contributed by atoms with Gasteiger partial charge in [0.25, 0.3) is 0 Å². The molecule has 0 saturated carbocycles. The highest BCUT2D eigenvalue weighted by Crippen LogP contribution is 2.33. The standard InChI is InChI=1S/C17H13F3N2/c1-10-5-11(2)7-12(6-10)16-14-4-3-13(17(18,19)20)8-15(14)21-9-22-16/h3-9H,1-2H3. The molecule has 0 N–H and O–H groups in total. The van der Waals surface area contributed by atoms with Gasteiger partial charge in [0.05, 0.1) is 16.8 Å². The van der Waals surface area contributed by atoms with Gasteiger partial charge in [0.15, 0.2) is 0 Å². The second-order valence-corrected chi connectivity index (χ2v) is 5.33. The number of aryl methyl sites for hydroxylation is 2. The third-order valence-electron chi connectivity index (χ3n) is 3.46. The summed E-state index contributed by atoms with van der Waals surface area (Å²) in [5.74, 6) is 0. The van der Waals surface area contributed by atoms with Gasteiger partial charge in [-0.15, -0.1) is 0 Å². The van der Waals surface area contributed by atoms with Gasteiger partial charge in [-0.05, 0) is 38.1 Å². The fourth-order valence-electron chi connectivity index (χ4n) is 2.57. The number of hydrogen-bond donors (Lipinski definition) is 0. The normalized spacial score (nSPS) is 11.9. The van der Waals surface area contributed by atoms with E-state index in [1.807, 2.05) is 32.0 Å². The Morgan fingerprint density at radius 3 is 2.18 bits per heavy atom. The molecule has 0 atom stereocenters. The molecule has 5 heteroatoms. The summed E-state index contributed by atoms with van der Waals surface area (Å²) < 4.78 is 38.4. The summed E-state index contributed by atoms with van der Waals surface area (Å²) in [7, 11) is 0. The molecule has 0 fully saturated rings. The van der Waals surface area contributed by atoms with E-state index in [9.17, 15) is 13.2 Å². The minimum absolute atomic E-state index is 0.291. The largest absolute Gasteiger partial charge is 0.416 e. The molecule has 0 aliphatic carbocycles. The van der Waals surface area contributed by atoms with Crippen molar-refractivity contribution in [3.05, 3.63) is 59.4 Å². The van der Waals surface area contributed by atoms with E-state index in [4.69, 9.17) is 0 Å². The Kier molecular flexibility index (Phi) is 3.35. The average molecular weight is 302 g/mol. The quantitative estimate of drug-likeness (QED) is 0.637. The second kappa shape index (κ2) is 5.09. The van der Waals surface area contributed by atoms with Crippen molar-refractivity contribution in [2.45, 2.75) is 20.0 Å². The minimum atomic E-state index is -4.38. The number of benzene rings is 2. The number of hydrogen-bond acceptors (Lipinski definition) is 2. The third kappa shape index (κ3) is 2.66. The predicted molar refractivity (Wildman–Crippen MR) is 79.5 cm³/mol. The molecule has 0 amide bonds. The van der Waals surface area contributed by atoms with Crippen molar-refractivity contribution in [1.82, 2.24) is 9.97 Å². The number of alkyl halides is 3. The maximum absolute atomic E-state index is 12.8. The van der Waals surface area contributed by atoms with Gasteiger partial charge in [0, 0.05) is 10.9 Å². The Balaban J connectivity index is 2.23. The molecule has 22 heavy (non-hydrogen) atoms. The zero-order valence-electron chi connectivity index (χ0n) is 12.1. The van der Waals surface area contributed by atoms with Crippen LogP contribution < -0.4 is 0 Å². The average Bonchev–Trinajstić information content (AvgIpc) is 2.44. The maximum Gasteiger partial charge on any atom is 0.416 e. The number of rotatable bonds is 1. The summed E-state index contributed by atoms with van der Waals surface area (Å²) in [6.45, 7) is 3.95. The van der Waals surface area contributed by atoms with Gasteiger partial charge in [-0.3, -0.25) is 0 Å². The molecule has 0 aliphatic rings. The molecule has 0 unspecified atom stereocenters. The van der Waals surface area contributed by atoms with Crippen LogP contribution in [0, 0.1) is 13.8 Å². The Bertz CT molecular complexity index is 834. The van der Waals surface area contributed by atoms with Crippen LogP contribution >= 0.6 is 0 Å². The highest BCUT2D eigenvalue weighted by molar-refractivity contribution is 5.92. The lowest BCUT2D eigenvalue weighted by Crippen LogP contribution is -2.04. The van der Waals surface area contributed by atoms with Gasteiger partial charge in [0.1, 0.15) is 6.33 Å². The van der Waals surface area contributed by atoms with Crippen molar-refractivity contribution in [3.63, 3.8) is 0 Å². The molecule has 0 aliphatic heterocycles. The fraction of sp³-hybridized carbons (Fsp3) is 0.176. The zero-order chi connectivity index (χ0) is 15.9. The van der Waals surface area contributed by atoms with E-state index in [1.54, 1.807) is 0 Å². The van der Waals surface area contributed by atoms with Crippen molar-refractivity contribution in [1.29, 1.82) is 0 Å². The van der Waals surface area contributed by atoms with Crippen molar-refractivity contribution in [2.24, 2.45) is 0 Å². The molecule has 0 spiro atoms. The molecule has 3 rings (SSSR count). The first-order valence-electron chi connectivity index (χ1n) is 6.75. The zero-order valence-corrected chi connectivity index (χ0v) is 12.1. The molecule has 2 nitrogen and oxygen atoms in total. The Morgan fingerprint density at radius 1 is 0.864 bits per heavy atom. The monoisotopic (exact) mass is 302 g/mol. The molecule has 112 valence electrons. The summed E-state index contributed by atoms with van der Waals surface area (Å²) in [6.07, 6.45) is -3.07. The molecule has 0 saturated heterocycles. The second-order valence-electron chi connectivity index (χ2n) is 5.33.